The summed E-state index contributed by atoms with van der Waals surface area (Å²) in [6, 6.07) is 22.6. The van der Waals surface area contributed by atoms with Crippen molar-refractivity contribution >= 4 is 34.7 Å². The zero-order chi connectivity index (χ0) is 22.8. The molecule has 0 saturated heterocycles. The predicted octanol–water partition coefficient (Wildman–Crippen LogP) is 5.52. The Morgan fingerprint density at radius 1 is 0.909 bits per heavy atom. The normalized spacial score (nSPS) is 17.3. The molecule has 3 aromatic carbocycles. The van der Waals surface area contributed by atoms with Crippen molar-refractivity contribution in [2.45, 2.75) is 25.6 Å². The summed E-state index contributed by atoms with van der Waals surface area (Å²) >= 11 is 5.94. The molecule has 5 rings (SSSR count). The topological polar surface area (TPSA) is 61.4 Å². The van der Waals surface area contributed by atoms with Crippen LogP contribution in [0.1, 0.15) is 33.5 Å². The van der Waals surface area contributed by atoms with Gasteiger partial charge in [0.1, 0.15) is 0 Å². The number of hydrogen-bond donors (Lipinski definition) is 2. The molecule has 0 aliphatic carbocycles. The molecule has 2 aliphatic heterocycles. The van der Waals surface area contributed by atoms with Crippen LogP contribution in [0.15, 0.2) is 78.9 Å². The fraction of sp³-hybridized carbons (Fsp3) is 0.185. The summed E-state index contributed by atoms with van der Waals surface area (Å²) in [7, 11) is 0. The number of benzene rings is 3. The number of hydrogen-bond acceptors (Lipinski definition) is 3. The molecular weight excluding hydrogens is 434 g/mol. The van der Waals surface area contributed by atoms with E-state index in [9.17, 15) is 9.59 Å². The molecule has 6 heteroatoms. The Kier molecular flexibility index (Phi) is 5.99. The second-order valence-electron chi connectivity index (χ2n) is 8.40. The molecule has 0 bridgehead atoms. The van der Waals surface area contributed by atoms with Gasteiger partial charge in [0.25, 0.3) is 0 Å². The highest BCUT2D eigenvalue weighted by atomic mass is 35.5. The number of carbonyl (C=O) groups excluding carboxylic acids is 2. The van der Waals surface area contributed by atoms with Gasteiger partial charge in [-0.05, 0) is 65.1 Å². The molecule has 0 spiro atoms. The molecule has 2 amide bonds. The summed E-state index contributed by atoms with van der Waals surface area (Å²) in [6.45, 7) is 1.89. The van der Waals surface area contributed by atoms with Gasteiger partial charge < -0.3 is 15.5 Å². The van der Waals surface area contributed by atoms with Gasteiger partial charge in [-0.1, -0.05) is 54.1 Å². The minimum atomic E-state index is -0.276. The van der Waals surface area contributed by atoms with Crippen LogP contribution in [0.2, 0.25) is 5.02 Å². The van der Waals surface area contributed by atoms with Crippen LogP contribution in [-0.2, 0) is 13.1 Å². The smallest absolute Gasteiger partial charge is 0.316 e. The third kappa shape index (κ3) is 4.70. The second kappa shape index (κ2) is 9.22. The van der Waals surface area contributed by atoms with Gasteiger partial charge in [-0.2, -0.15) is 0 Å². The number of rotatable bonds is 4. The van der Waals surface area contributed by atoms with Crippen molar-refractivity contribution in [1.29, 1.82) is 0 Å². The summed E-state index contributed by atoms with van der Waals surface area (Å²) in [4.78, 5) is 27.4. The Balaban J connectivity index is 1.21. The van der Waals surface area contributed by atoms with Crippen molar-refractivity contribution in [3.05, 3.63) is 106 Å². The van der Waals surface area contributed by atoms with Gasteiger partial charge in [0.2, 0.25) is 0 Å². The molecule has 33 heavy (non-hydrogen) atoms. The fourth-order valence-electron chi connectivity index (χ4n) is 4.38. The molecule has 3 aromatic rings. The molecular formula is C27H24ClN3O2. The maximum atomic E-state index is 12.9. The monoisotopic (exact) mass is 457 g/mol. The van der Waals surface area contributed by atoms with Crippen molar-refractivity contribution in [1.82, 2.24) is 10.2 Å². The Hall–Kier alpha value is -3.41. The molecule has 2 aliphatic rings. The quantitative estimate of drug-likeness (QED) is 0.507. The van der Waals surface area contributed by atoms with Crippen LogP contribution in [0.3, 0.4) is 0 Å². The van der Waals surface area contributed by atoms with Gasteiger partial charge in [-0.3, -0.25) is 4.79 Å². The molecule has 1 atom stereocenters. The molecule has 1 unspecified atom stereocenters. The van der Waals surface area contributed by atoms with Crippen LogP contribution in [0.5, 0.6) is 0 Å². The van der Waals surface area contributed by atoms with Crippen LogP contribution in [0.4, 0.5) is 10.5 Å². The van der Waals surface area contributed by atoms with E-state index in [4.69, 9.17) is 11.6 Å². The first-order chi connectivity index (χ1) is 16.1. The first-order valence-corrected chi connectivity index (χ1v) is 11.4. The molecule has 0 aromatic heterocycles. The Bertz CT molecular complexity index is 1190. The van der Waals surface area contributed by atoms with Crippen LogP contribution in [0, 0.1) is 0 Å². The van der Waals surface area contributed by atoms with E-state index in [1.165, 1.54) is 11.1 Å². The number of amides is 2. The lowest BCUT2D eigenvalue weighted by molar-refractivity contribution is 0.0945. The minimum Gasteiger partial charge on any atom is -0.316 e. The number of carbonyl (C=O) groups is 2. The molecule has 5 nitrogen and oxygen atoms in total. The van der Waals surface area contributed by atoms with Crippen molar-refractivity contribution in [2.75, 3.05) is 11.9 Å². The summed E-state index contributed by atoms with van der Waals surface area (Å²) in [5.41, 5.74) is 5.97. The average Bonchev–Trinajstić information content (AvgIpc) is 3.29. The number of nitrogens with zero attached hydrogens (tertiary/aromatic N) is 1. The van der Waals surface area contributed by atoms with Crippen molar-refractivity contribution < 1.29 is 9.59 Å². The Labute approximate surface area is 198 Å². The lowest BCUT2D eigenvalue weighted by atomic mass is 9.91. The van der Waals surface area contributed by atoms with E-state index in [0.29, 0.717) is 36.6 Å². The average molecular weight is 458 g/mol. The largest absolute Gasteiger partial charge is 0.322 e. The summed E-state index contributed by atoms with van der Waals surface area (Å²) in [5, 5.41) is 6.89. The first kappa shape index (κ1) is 21.4. The molecule has 166 valence electrons. The van der Waals surface area contributed by atoms with Crippen LogP contribution in [0.25, 0.3) is 5.57 Å². The number of urea groups is 1. The molecule has 2 N–H and O–H groups in total. The van der Waals surface area contributed by atoms with Crippen molar-refractivity contribution in [2.24, 2.45) is 0 Å². The van der Waals surface area contributed by atoms with E-state index in [-0.39, 0.29) is 17.9 Å². The number of Topliss-reactive ketones (excluding diaryl/α,β-unsaturated/α-hetero) is 1. The molecule has 0 saturated carbocycles. The van der Waals surface area contributed by atoms with E-state index in [1.807, 2.05) is 36.4 Å². The van der Waals surface area contributed by atoms with Gasteiger partial charge >= 0.3 is 6.03 Å². The standard InChI is InChI=1S/C27H24ClN3O2/c28-23-9-5-19(6-10-23)26(32)25-15-20(13-14-29-25)18-7-11-24(12-8-18)30-27(33)31-16-21-3-1-2-4-22(21)17-31/h1-13,25,29H,14-17H2,(H,30,33). The SMILES string of the molecule is O=C(c1ccc(Cl)cc1)C1CC(c2ccc(NC(=O)N3Cc4ccccc4C3)cc2)=CCN1. The van der Waals surface area contributed by atoms with Crippen LogP contribution in [-0.4, -0.2) is 29.3 Å². The van der Waals surface area contributed by atoms with Crippen LogP contribution >= 0.6 is 11.6 Å². The third-order valence-electron chi connectivity index (χ3n) is 6.22. The minimum absolute atomic E-state index is 0.0627. The van der Waals surface area contributed by atoms with Gasteiger partial charge in [-0.25, -0.2) is 4.79 Å². The maximum Gasteiger partial charge on any atom is 0.322 e. The molecule has 2 heterocycles. The van der Waals surface area contributed by atoms with Gasteiger partial charge in [-0.15, -0.1) is 0 Å². The summed E-state index contributed by atoms with van der Waals surface area (Å²) < 4.78 is 0. The van der Waals surface area contributed by atoms with E-state index >= 15 is 0 Å². The molecule has 0 radical (unpaired) electrons. The fourth-order valence-corrected chi connectivity index (χ4v) is 4.51. The molecule has 0 fully saturated rings. The number of anilines is 1. The highest BCUT2D eigenvalue weighted by Gasteiger charge is 2.25. The Morgan fingerprint density at radius 2 is 1.58 bits per heavy atom. The predicted molar refractivity (Wildman–Crippen MR) is 131 cm³/mol. The number of ketones is 1. The van der Waals surface area contributed by atoms with E-state index in [0.717, 1.165) is 16.8 Å². The van der Waals surface area contributed by atoms with Crippen LogP contribution < -0.4 is 10.6 Å². The lowest BCUT2D eigenvalue weighted by Gasteiger charge is -2.24. The van der Waals surface area contributed by atoms with E-state index < -0.39 is 0 Å². The second-order valence-corrected chi connectivity index (χ2v) is 8.83. The zero-order valence-electron chi connectivity index (χ0n) is 18.1. The lowest BCUT2D eigenvalue weighted by Crippen LogP contribution is -2.39. The third-order valence-corrected chi connectivity index (χ3v) is 6.47. The van der Waals surface area contributed by atoms with Gasteiger partial charge in [0.05, 0.1) is 6.04 Å². The highest BCUT2D eigenvalue weighted by Crippen LogP contribution is 2.27. The summed E-state index contributed by atoms with van der Waals surface area (Å²) in [5.74, 6) is 0.0627. The van der Waals surface area contributed by atoms with Gasteiger partial charge in [0.15, 0.2) is 5.78 Å². The van der Waals surface area contributed by atoms with Crippen molar-refractivity contribution in [3.63, 3.8) is 0 Å². The zero-order valence-corrected chi connectivity index (χ0v) is 18.8. The van der Waals surface area contributed by atoms with Gasteiger partial charge in [0, 0.05) is 35.9 Å². The summed E-state index contributed by atoms with van der Waals surface area (Å²) in [6.07, 6.45) is 2.72. The number of nitrogens with one attached hydrogen (secondary N) is 2. The van der Waals surface area contributed by atoms with Crippen molar-refractivity contribution in [3.8, 4) is 0 Å². The highest BCUT2D eigenvalue weighted by molar-refractivity contribution is 6.30. The number of halogens is 1. The maximum absolute atomic E-state index is 12.9. The first-order valence-electron chi connectivity index (χ1n) is 11.0. The number of fused-ring (bicyclic) bond motifs is 1. The van der Waals surface area contributed by atoms with E-state index in [1.54, 1.807) is 29.2 Å². The Morgan fingerprint density at radius 3 is 2.24 bits per heavy atom. The van der Waals surface area contributed by atoms with E-state index in [2.05, 4.69) is 28.8 Å².